The molecule has 0 unspecified atom stereocenters. The SMILES string of the molecule is O=CC1(CCF)CCCCC1. The van der Waals surface area contributed by atoms with Crippen LogP contribution in [0.1, 0.15) is 38.5 Å². The van der Waals surface area contributed by atoms with Gasteiger partial charge in [-0.1, -0.05) is 19.3 Å². The van der Waals surface area contributed by atoms with Crippen molar-refractivity contribution in [3.05, 3.63) is 0 Å². The molecular weight excluding hydrogens is 143 g/mol. The van der Waals surface area contributed by atoms with Gasteiger partial charge in [-0.15, -0.1) is 0 Å². The van der Waals surface area contributed by atoms with Crippen molar-refractivity contribution in [2.45, 2.75) is 38.5 Å². The minimum absolute atomic E-state index is 0.285. The van der Waals surface area contributed by atoms with Gasteiger partial charge in [-0.3, -0.25) is 4.39 Å². The fourth-order valence-electron chi connectivity index (χ4n) is 1.87. The molecule has 0 atom stereocenters. The first-order valence-electron chi connectivity index (χ1n) is 4.35. The number of carbonyl (C=O) groups is 1. The zero-order valence-corrected chi connectivity index (χ0v) is 6.81. The summed E-state index contributed by atoms with van der Waals surface area (Å²) in [5.41, 5.74) is -0.285. The highest BCUT2D eigenvalue weighted by molar-refractivity contribution is 5.59. The molecule has 0 aromatic carbocycles. The van der Waals surface area contributed by atoms with E-state index in [4.69, 9.17) is 0 Å². The van der Waals surface area contributed by atoms with Gasteiger partial charge in [0.2, 0.25) is 0 Å². The number of hydrogen-bond donors (Lipinski definition) is 0. The van der Waals surface area contributed by atoms with Crippen molar-refractivity contribution in [1.29, 1.82) is 0 Å². The Bertz CT molecular complexity index is 122. The summed E-state index contributed by atoms with van der Waals surface area (Å²) >= 11 is 0. The molecule has 0 heterocycles. The maximum atomic E-state index is 12.1. The van der Waals surface area contributed by atoms with Gasteiger partial charge in [0.25, 0.3) is 0 Å². The standard InChI is InChI=1S/C9H15FO/c10-7-6-9(8-11)4-2-1-3-5-9/h8H,1-7H2. The zero-order valence-electron chi connectivity index (χ0n) is 6.81. The third-order valence-corrected chi connectivity index (χ3v) is 2.69. The monoisotopic (exact) mass is 158 g/mol. The second kappa shape index (κ2) is 3.84. The summed E-state index contributed by atoms with van der Waals surface area (Å²) in [4.78, 5) is 10.7. The van der Waals surface area contributed by atoms with E-state index in [1.54, 1.807) is 0 Å². The summed E-state index contributed by atoms with van der Waals surface area (Å²) in [5, 5.41) is 0. The molecule has 1 fully saturated rings. The highest BCUT2D eigenvalue weighted by Crippen LogP contribution is 2.37. The molecule has 1 aliphatic carbocycles. The molecule has 0 N–H and O–H groups in total. The Kier molecular flexibility index (Phi) is 3.03. The second-order valence-electron chi connectivity index (χ2n) is 3.48. The summed E-state index contributed by atoms with van der Waals surface area (Å²) < 4.78 is 12.1. The molecule has 1 saturated carbocycles. The molecule has 0 radical (unpaired) electrons. The molecular formula is C9H15FO. The Morgan fingerprint density at radius 2 is 1.91 bits per heavy atom. The van der Waals surface area contributed by atoms with Gasteiger partial charge in [-0.05, 0) is 19.3 Å². The molecule has 1 aliphatic rings. The fourth-order valence-corrected chi connectivity index (χ4v) is 1.87. The molecule has 0 aromatic rings. The van der Waals surface area contributed by atoms with Crippen LogP contribution >= 0.6 is 0 Å². The number of carbonyl (C=O) groups excluding carboxylic acids is 1. The van der Waals surface area contributed by atoms with Crippen molar-refractivity contribution in [1.82, 2.24) is 0 Å². The van der Waals surface area contributed by atoms with Crippen LogP contribution in [0.3, 0.4) is 0 Å². The Morgan fingerprint density at radius 1 is 1.27 bits per heavy atom. The van der Waals surface area contributed by atoms with Crippen LogP contribution in [0.15, 0.2) is 0 Å². The third kappa shape index (κ3) is 2.01. The lowest BCUT2D eigenvalue weighted by Gasteiger charge is -2.30. The van der Waals surface area contributed by atoms with Crippen molar-refractivity contribution in [2.24, 2.45) is 5.41 Å². The van der Waals surface area contributed by atoms with Crippen LogP contribution in [0, 0.1) is 5.41 Å². The van der Waals surface area contributed by atoms with Gasteiger partial charge in [0, 0.05) is 5.41 Å². The Balaban J connectivity index is 2.49. The average molecular weight is 158 g/mol. The van der Waals surface area contributed by atoms with Crippen LogP contribution in [0.25, 0.3) is 0 Å². The van der Waals surface area contributed by atoms with E-state index in [0.717, 1.165) is 32.0 Å². The van der Waals surface area contributed by atoms with Crippen LogP contribution in [0.4, 0.5) is 4.39 Å². The molecule has 0 spiro atoms. The van der Waals surface area contributed by atoms with Crippen LogP contribution in [-0.2, 0) is 4.79 Å². The predicted molar refractivity (Wildman–Crippen MR) is 42.2 cm³/mol. The van der Waals surface area contributed by atoms with E-state index in [0.29, 0.717) is 6.42 Å². The minimum atomic E-state index is -0.348. The van der Waals surface area contributed by atoms with E-state index < -0.39 is 0 Å². The highest BCUT2D eigenvalue weighted by Gasteiger charge is 2.30. The molecule has 0 aromatic heterocycles. The Hall–Kier alpha value is -0.400. The van der Waals surface area contributed by atoms with Crippen molar-refractivity contribution < 1.29 is 9.18 Å². The van der Waals surface area contributed by atoms with Gasteiger partial charge >= 0.3 is 0 Å². The summed E-state index contributed by atoms with van der Waals surface area (Å²) in [5.74, 6) is 0. The third-order valence-electron chi connectivity index (χ3n) is 2.69. The van der Waals surface area contributed by atoms with Gasteiger partial charge in [-0.2, -0.15) is 0 Å². The smallest absolute Gasteiger partial charge is 0.126 e. The van der Waals surface area contributed by atoms with E-state index in [9.17, 15) is 9.18 Å². The van der Waals surface area contributed by atoms with Gasteiger partial charge < -0.3 is 4.79 Å². The quantitative estimate of drug-likeness (QED) is 0.577. The van der Waals surface area contributed by atoms with Gasteiger partial charge in [0.1, 0.15) is 6.29 Å². The number of hydrogen-bond acceptors (Lipinski definition) is 1. The largest absolute Gasteiger partial charge is 0.303 e. The Morgan fingerprint density at radius 3 is 2.36 bits per heavy atom. The lowest BCUT2D eigenvalue weighted by Crippen LogP contribution is -2.26. The van der Waals surface area contributed by atoms with Crippen LogP contribution in [-0.4, -0.2) is 13.0 Å². The molecule has 0 saturated heterocycles. The first kappa shape index (κ1) is 8.69. The molecule has 2 heteroatoms. The van der Waals surface area contributed by atoms with Crippen LogP contribution < -0.4 is 0 Å². The molecule has 11 heavy (non-hydrogen) atoms. The molecule has 0 aliphatic heterocycles. The van der Waals surface area contributed by atoms with E-state index >= 15 is 0 Å². The molecule has 64 valence electrons. The van der Waals surface area contributed by atoms with Crippen molar-refractivity contribution >= 4 is 6.29 Å². The van der Waals surface area contributed by atoms with Crippen LogP contribution in [0.2, 0.25) is 0 Å². The van der Waals surface area contributed by atoms with Crippen molar-refractivity contribution in [3.8, 4) is 0 Å². The lowest BCUT2D eigenvalue weighted by molar-refractivity contribution is -0.118. The van der Waals surface area contributed by atoms with E-state index in [2.05, 4.69) is 0 Å². The maximum absolute atomic E-state index is 12.1. The van der Waals surface area contributed by atoms with Gasteiger partial charge in [0.05, 0.1) is 6.67 Å². The number of aldehydes is 1. The molecule has 1 rings (SSSR count). The predicted octanol–water partition coefficient (Wildman–Crippen LogP) is 2.50. The Labute approximate surface area is 67.0 Å². The first-order chi connectivity index (χ1) is 5.33. The minimum Gasteiger partial charge on any atom is -0.303 e. The van der Waals surface area contributed by atoms with E-state index in [1.165, 1.54) is 6.42 Å². The normalized spacial score (nSPS) is 23.0. The fraction of sp³-hybridized carbons (Fsp3) is 0.889. The summed E-state index contributed by atoms with van der Waals surface area (Å²) in [7, 11) is 0. The highest BCUT2D eigenvalue weighted by atomic mass is 19.1. The summed E-state index contributed by atoms with van der Waals surface area (Å²) in [6, 6.07) is 0. The first-order valence-corrected chi connectivity index (χ1v) is 4.35. The van der Waals surface area contributed by atoms with Crippen molar-refractivity contribution in [3.63, 3.8) is 0 Å². The van der Waals surface area contributed by atoms with Crippen LogP contribution in [0.5, 0.6) is 0 Å². The maximum Gasteiger partial charge on any atom is 0.126 e. The summed E-state index contributed by atoms with van der Waals surface area (Å²) in [6.45, 7) is -0.348. The topological polar surface area (TPSA) is 17.1 Å². The van der Waals surface area contributed by atoms with E-state index in [1.807, 2.05) is 0 Å². The number of halogens is 1. The molecule has 0 bridgehead atoms. The molecule has 1 nitrogen and oxygen atoms in total. The van der Waals surface area contributed by atoms with Gasteiger partial charge in [0.15, 0.2) is 0 Å². The van der Waals surface area contributed by atoms with E-state index in [-0.39, 0.29) is 12.1 Å². The second-order valence-corrected chi connectivity index (χ2v) is 3.48. The summed E-state index contributed by atoms with van der Waals surface area (Å²) in [6.07, 6.45) is 6.63. The molecule has 0 amide bonds. The van der Waals surface area contributed by atoms with Gasteiger partial charge in [-0.25, -0.2) is 0 Å². The number of rotatable bonds is 3. The number of alkyl halides is 1. The van der Waals surface area contributed by atoms with Crippen molar-refractivity contribution in [2.75, 3.05) is 6.67 Å². The lowest BCUT2D eigenvalue weighted by atomic mass is 9.73. The zero-order chi connectivity index (χ0) is 8.16. The average Bonchev–Trinajstić information content (AvgIpc) is 2.07.